The molecule has 4 aromatic rings. The normalized spacial score (nSPS) is 12.3. The van der Waals surface area contributed by atoms with Gasteiger partial charge in [0.05, 0.1) is 33.1 Å². The quantitative estimate of drug-likeness (QED) is 0.278. The van der Waals surface area contributed by atoms with Crippen LogP contribution in [-0.4, -0.2) is 11.2 Å². The molecule has 0 saturated heterocycles. The molecule has 0 saturated carbocycles. The van der Waals surface area contributed by atoms with Crippen LogP contribution in [0.1, 0.15) is 10.9 Å². The first-order valence-corrected chi connectivity index (χ1v) is 10.1. The Morgan fingerprint density at radius 1 is 1.17 bits per heavy atom. The van der Waals surface area contributed by atoms with Crippen molar-refractivity contribution in [3.63, 3.8) is 0 Å². The molecule has 1 atom stereocenters. The number of fused-ring (bicyclic) bond motifs is 1. The molecular formula is C21H11Cl2N3O2S. The van der Waals surface area contributed by atoms with Gasteiger partial charge in [0.25, 0.3) is 0 Å². The van der Waals surface area contributed by atoms with Crippen LogP contribution in [0.25, 0.3) is 22.2 Å². The highest BCUT2D eigenvalue weighted by atomic mass is 35.5. The van der Waals surface area contributed by atoms with E-state index in [9.17, 15) is 10.1 Å². The maximum atomic E-state index is 12.3. The minimum Gasteiger partial charge on any atom is -0.422 e. The minimum absolute atomic E-state index is 0.351. The standard InChI is InChI=1S/C21H11Cl2N3O2S/c22-16-6-5-14(8-17(16)23)25-10-13(9-24)20-26-18(11-29-20)15-7-12-3-1-2-4-19(12)28-21(15)27/h1-8,10-11,13H. The summed E-state index contributed by atoms with van der Waals surface area (Å²) in [6.07, 6.45) is 1.49. The molecule has 142 valence electrons. The van der Waals surface area contributed by atoms with Gasteiger partial charge in [-0.25, -0.2) is 9.78 Å². The molecule has 0 spiro atoms. The summed E-state index contributed by atoms with van der Waals surface area (Å²) in [5.74, 6) is -0.671. The Kier molecular flexibility index (Phi) is 5.45. The van der Waals surface area contributed by atoms with Crippen molar-refractivity contribution in [2.45, 2.75) is 5.92 Å². The number of halogens is 2. The lowest BCUT2D eigenvalue weighted by molar-refractivity contribution is 0.563. The average Bonchev–Trinajstić information content (AvgIpc) is 3.20. The summed E-state index contributed by atoms with van der Waals surface area (Å²) in [5, 5.41) is 13.4. The van der Waals surface area contributed by atoms with E-state index in [0.29, 0.717) is 37.6 Å². The second-order valence-corrected chi connectivity index (χ2v) is 7.74. The van der Waals surface area contributed by atoms with Crippen LogP contribution in [0, 0.1) is 11.3 Å². The van der Waals surface area contributed by atoms with E-state index in [4.69, 9.17) is 27.6 Å². The number of para-hydroxylation sites is 1. The van der Waals surface area contributed by atoms with Gasteiger partial charge in [-0.15, -0.1) is 11.3 Å². The van der Waals surface area contributed by atoms with Crippen molar-refractivity contribution >= 4 is 57.4 Å². The van der Waals surface area contributed by atoms with Crippen LogP contribution in [-0.2, 0) is 0 Å². The Morgan fingerprint density at radius 3 is 2.79 bits per heavy atom. The van der Waals surface area contributed by atoms with Crippen LogP contribution in [0.15, 0.2) is 68.1 Å². The van der Waals surface area contributed by atoms with E-state index in [1.165, 1.54) is 17.6 Å². The number of nitriles is 1. The number of hydrogen-bond donors (Lipinski definition) is 0. The Balaban J connectivity index is 1.64. The molecule has 0 N–H and O–H groups in total. The van der Waals surface area contributed by atoms with Crippen molar-refractivity contribution < 1.29 is 4.42 Å². The fourth-order valence-corrected chi connectivity index (χ4v) is 3.79. The van der Waals surface area contributed by atoms with Crippen LogP contribution in [0.3, 0.4) is 0 Å². The summed E-state index contributed by atoms with van der Waals surface area (Å²) >= 11 is 13.2. The molecule has 0 aliphatic rings. The molecule has 2 aromatic carbocycles. The SMILES string of the molecule is N#CC(C=Nc1ccc(Cl)c(Cl)c1)c1nc(-c2cc3ccccc3oc2=O)cs1. The van der Waals surface area contributed by atoms with E-state index >= 15 is 0 Å². The summed E-state index contributed by atoms with van der Waals surface area (Å²) in [6.45, 7) is 0. The fraction of sp³-hybridized carbons (Fsp3) is 0.0476. The Labute approximate surface area is 179 Å². The highest BCUT2D eigenvalue weighted by molar-refractivity contribution is 7.10. The summed E-state index contributed by atoms with van der Waals surface area (Å²) < 4.78 is 5.36. The number of thiazole rings is 1. The number of nitrogens with zero attached hydrogens (tertiary/aromatic N) is 3. The van der Waals surface area contributed by atoms with Crippen LogP contribution in [0.5, 0.6) is 0 Å². The Morgan fingerprint density at radius 2 is 2.00 bits per heavy atom. The molecule has 8 heteroatoms. The summed E-state index contributed by atoms with van der Waals surface area (Å²) in [5.41, 5.74) is 1.43. The molecule has 29 heavy (non-hydrogen) atoms. The van der Waals surface area contributed by atoms with Gasteiger partial charge >= 0.3 is 5.63 Å². The van der Waals surface area contributed by atoms with Crippen molar-refractivity contribution in [1.29, 1.82) is 5.26 Å². The molecule has 2 heterocycles. The van der Waals surface area contributed by atoms with E-state index in [1.807, 2.05) is 12.1 Å². The van der Waals surface area contributed by atoms with Gasteiger partial charge in [-0.3, -0.25) is 4.99 Å². The molecule has 0 aliphatic heterocycles. The molecule has 4 rings (SSSR count). The van der Waals surface area contributed by atoms with E-state index in [-0.39, 0.29) is 0 Å². The molecule has 0 radical (unpaired) electrons. The van der Waals surface area contributed by atoms with Gasteiger partial charge in [-0.1, -0.05) is 41.4 Å². The lowest BCUT2D eigenvalue weighted by Gasteiger charge is -2.01. The summed E-state index contributed by atoms with van der Waals surface area (Å²) in [6, 6.07) is 16.1. The van der Waals surface area contributed by atoms with Gasteiger partial charge in [-0.05, 0) is 30.3 Å². The number of aliphatic imine (C=N–C) groups is 1. The number of benzene rings is 2. The second kappa shape index (κ2) is 8.18. The molecule has 1 unspecified atom stereocenters. The Hall–Kier alpha value is -2.98. The van der Waals surface area contributed by atoms with E-state index in [2.05, 4.69) is 16.0 Å². The summed E-state index contributed by atoms with van der Waals surface area (Å²) in [4.78, 5) is 21.1. The second-order valence-electron chi connectivity index (χ2n) is 6.04. The molecule has 0 amide bonds. The van der Waals surface area contributed by atoms with Gasteiger partial charge < -0.3 is 4.42 Å². The van der Waals surface area contributed by atoms with E-state index < -0.39 is 11.5 Å². The number of hydrogen-bond acceptors (Lipinski definition) is 6. The lowest BCUT2D eigenvalue weighted by atomic mass is 10.1. The van der Waals surface area contributed by atoms with Crippen molar-refractivity contribution in [2.24, 2.45) is 4.99 Å². The van der Waals surface area contributed by atoms with Crippen molar-refractivity contribution in [2.75, 3.05) is 0 Å². The van der Waals surface area contributed by atoms with Crippen LogP contribution in [0.4, 0.5) is 5.69 Å². The first-order chi connectivity index (χ1) is 14.0. The predicted octanol–water partition coefficient (Wildman–Crippen LogP) is 6.23. The Bertz CT molecular complexity index is 1340. The number of aromatic nitrogens is 1. The van der Waals surface area contributed by atoms with Gasteiger partial charge in [0.15, 0.2) is 0 Å². The van der Waals surface area contributed by atoms with Crippen molar-refractivity contribution in [1.82, 2.24) is 4.98 Å². The van der Waals surface area contributed by atoms with Crippen LogP contribution >= 0.6 is 34.5 Å². The van der Waals surface area contributed by atoms with Gasteiger partial charge in [0, 0.05) is 17.0 Å². The van der Waals surface area contributed by atoms with Gasteiger partial charge in [0.1, 0.15) is 16.5 Å². The topological polar surface area (TPSA) is 79.2 Å². The van der Waals surface area contributed by atoms with E-state index in [1.54, 1.807) is 41.8 Å². The van der Waals surface area contributed by atoms with Gasteiger partial charge in [-0.2, -0.15) is 5.26 Å². The van der Waals surface area contributed by atoms with Crippen molar-refractivity contribution in [3.8, 4) is 17.3 Å². The average molecular weight is 440 g/mol. The molecule has 0 bridgehead atoms. The maximum absolute atomic E-state index is 12.3. The van der Waals surface area contributed by atoms with Crippen LogP contribution < -0.4 is 5.63 Å². The molecular weight excluding hydrogens is 429 g/mol. The number of rotatable bonds is 4. The van der Waals surface area contributed by atoms with Gasteiger partial charge in [0.2, 0.25) is 0 Å². The zero-order valence-electron chi connectivity index (χ0n) is 14.7. The summed E-state index contributed by atoms with van der Waals surface area (Å²) in [7, 11) is 0. The highest BCUT2D eigenvalue weighted by Crippen LogP contribution is 2.28. The lowest BCUT2D eigenvalue weighted by Crippen LogP contribution is -2.03. The first kappa shape index (κ1) is 19.3. The highest BCUT2D eigenvalue weighted by Gasteiger charge is 2.16. The monoisotopic (exact) mass is 439 g/mol. The molecule has 5 nitrogen and oxygen atoms in total. The molecule has 0 aliphatic carbocycles. The van der Waals surface area contributed by atoms with E-state index in [0.717, 1.165) is 5.39 Å². The third-order valence-electron chi connectivity index (χ3n) is 4.12. The zero-order chi connectivity index (χ0) is 20.4. The molecule has 2 aromatic heterocycles. The first-order valence-electron chi connectivity index (χ1n) is 8.42. The zero-order valence-corrected chi connectivity index (χ0v) is 17.0. The third-order valence-corrected chi connectivity index (χ3v) is 5.79. The smallest absolute Gasteiger partial charge is 0.345 e. The largest absolute Gasteiger partial charge is 0.422 e. The molecule has 0 fully saturated rings. The minimum atomic E-state index is -0.671. The third kappa shape index (κ3) is 4.08. The van der Waals surface area contributed by atoms with Crippen LogP contribution in [0.2, 0.25) is 10.0 Å². The predicted molar refractivity (Wildman–Crippen MR) is 117 cm³/mol. The fourth-order valence-electron chi connectivity index (χ4n) is 2.67. The maximum Gasteiger partial charge on any atom is 0.345 e. The van der Waals surface area contributed by atoms with Crippen molar-refractivity contribution in [3.05, 3.63) is 79.4 Å².